The van der Waals surface area contributed by atoms with E-state index in [1.807, 2.05) is 25.4 Å². The number of nitrogens with one attached hydrogen (secondary N) is 2. The van der Waals surface area contributed by atoms with Crippen LogP contribution in [0, 0.1) is 6.92 Å². The zero-order chi connectivity index (χ0) is 24.2. The van der Waals surface area contributed by atoms with Crippen molar-refractivity contribution in [3.05, 3.63) is 41.5 Å². The number of hydrogen-bond donors (Lipinski definition) is 2. The molecule has 34 heavy (non-hydrogen) atoms. The minimum atomic E-state index is 0.593. The molecule has 8 nitrogen and oxygen atoms in total. The molecule has 0 amide bonds. The van der Waals surface area contributed by atoms with Crippen LogP contribution in [0.5, 0.6) is 5.88 Å². The average molecular weight is 469 g/mol. The Hall–Kier alpha value is -2.84. The summed E-state index contributed by atoms with van der Waals surface area (Å²) in [6.07, 6.45) is 3.98. The molecule has 1 aromatic heterocycles. The maximum atomic E-state index is 6.09. The first-order valence-corrected chi connectivity index (χ1v) is 12.4. The molecule has 3 rings (SSSR count). The minimum absolute atomic E-state index is 0.593. The summed E-state index contributed by atoms with van der Waals surface area (Å²) in [5, 5.41) is 7.68. The highest BCUT2D eigenvalue weighted by molar-refractivity contribution is 5.88. The molecule has 2 aromatic rings. The largest absolute Gasteiger partial charge is 0.476 e. The molecule has 0 radical (unpaired) electrons. The van der Waals surface area contributed by atoms with Gasteiger partial charge in [0.15, 0.2) is 5.82 Å². The van der Waals surface area contributed by atoms with Crippen LogP contribution in [0.4, 0.5) is 17.2 Å². The third-order valence-electron chi connectivity index (χ3n) is 5.76. The van der Waals surface area contributed by atoms with Crippen molar-refractivity contribution in [2.24, 2.45) is 5.10 Å². The standard InChI is InChI=1S/C26H40N6O2/c1-5-9-32(10-6-2)23-18-25(30-28-20-22-17-21(3)7-8-24(22)27-4)29-26(19-23)34-16-13-31-11-14-33-15-12-31/h7-8,17-20,27H,5-6,9-16H2,1-4H3,(H,29,30)/b28-20+. The molecule has 2 heterocycles. The van der Waals surface area contributed by atoms with Gasteiger partial charge in [-0.25, -0.2) is 0 Å². The maximum Gasteiger partial charge on any atom is 0.217 e. The number of aryl methyl sites for hydroxylation is 1. The molecule has 0 spiro atoms. The SMILES string of the molecule is CCCN(CCC)c1cc(N/N=C/c2cc(C)ccc2NC)nc(OCCN2CCOCC2)c1. The smallest absolute Gasteiger partial charge is 0.217 e. The number of ether oxygens (including phenoxy) is 2. The van der Waals surface area contributed by atoms with E-state index in [2.05, 4.69) is 69.6 Å². The van der Waals surface area contributed by atoms with Gasteiger partial charge in [0.1, 0.15) is 6.61 Å². The molecule has 0 bridgehead atoms. The molecule has 0 unspecified atom stereocenters. The summed E-state index contributed by atoms with van der Waals surface area (Å²) in [4.78, 5) is 9.42. The molecule has 0 atom stereocenters. The van der Waals surface area contributed by atoms with Gasteiger partial charge in [0.25, 0.3) is 0 Å². The van der Waals surface area contributed by atoms with E-state index in [-0.39, 0.29) is 0 Å². The fourth-order valence-electron chi connectivity index (χ4n) is 4.00. The lowest BCUT2D eigenvalue weighted by Crippen LogP contribution is -2.38. The summed E-state index contributed by atoms with van der Waals surface area (Å²) in [6, 6.07) is 10.3. The number of rotatable bonds is 13. The van der Waals surface area contributed by atoms with Crippen molar-refractivity contribution >= 4 is 23.4 Å². The van der Waals surface area contributed by atoms with Crippen molar-refractivity contribution in [1.29, 1.82) is 0 Å². The van der Waals surface area contributed by atoms with Crippen LogP contribution in [-0.2, 0) is 4.74 Å². The first-order valence-electron chi connectivity index (χ1n) is 12.4. The molecule has 186 valence electrons. The van der Waals surface area contributed by atoms with E-state index in [0.717, 1.165) is 75.7 Å². The van der Waals surface area contributed by atoms with Crippen molar-refractivity contribution < 1.29 is 9.47 Å². The van der Waals surface area contributed by atoms with Crippen molar-refractivity contribution in [3.8, 4) is 5.88 Å². The number of hydrazone groups is 1. The zero-order valence-electron chi connectivity index (χ0n) is 21.1. The Morgan fingerprint density at radius 1 is 1.15 bits per heavy atom. The van der Waals surface area contributed by atoms with Gasteiger partial charge in [0.05, 0.1) is 19.4 Å². The topological polar surface area (TPSA) is 74.2 Å². The number of pyridine rings is 1. The van der Waals surface area contributed by atoms with Gasteiger partial charge in [0, 0.05) is 68.8 Å². The third kappa shape index (κ3) is 7.88. The second-order valence-electron chi connectivity index (χ2n) is 8.55. The van der Waals surface area contributed by atoms with Crippen molar-refractivity contribution in [2.75, 3.05) is 75.2 Å². The Labute approximate surface area is 204 Å². The van der Waals surface area contributed by atoms with Gasteiger partial charge in [0.2, 0.25) is 5.88 Å². The van der Waals surface area contributed by atoms with Crippen LogP contribution < -0.4 is 20.4 Å². The Bertz CT molecular complexity index is 908. The summed E-state index contributed by atoms with van der Waals surface area (Å²) in [6.45, 7) is 13.4. The van der Waals surface area contributed by atoms with Crippen LogP contribution in [-0.4, -0.2) is 75.7 Å². The molecular weight excluding hydrogens is 428 g/mol. The van der Waals surface area contributed by atoms with E-state index in [4.69, 9.17) is 9.47 Å². The Morgan fingerprint density at radius 2 is 1.91 bits per heavy atom. The molecule has 0 saturated carbocycles. The maximum absolute atomic E-state index is 6.09. The highest BCUT2D eigenvalue weighted by atomic mass is 16.5. The van der Waals surface area contributed by atoms with E-state index >= 15 is 0 Å². The summed E-state index contributed by atoms with van der Waals surface area (Å²) >= 11 is 0. The predicted octanol–water partition coefficient (Wildman–Crippen LogP) is 4.22. The lowest BCUT2D eigenvalue weighted by Gasteiger charge is -2.27. The fourth-order valence-corrected chi connectivity index (χ4v) is 4.00. The fraction of sp³-hybridized carbons (Fsp3) is 0.538. The van der Waals surface area contributed by atoms with E-state index in [1.165, 1.54) is 5.56 Å². The highest BCUT2D eigenvalue weighted by Gasteiger charge is 2.12. The van der Waals surface area contributed by atoms with Crippen molar-refractivity contribution in [2.45, 2.75) is 33.6 Å². The number of hydrogen-bond acceptors (Lipinski definition) is 8. The predicted molar refractivity (Wildman–Crippen MR) is 142 cm³/mol. The van der Waals surface area contributed by atoms with Crippen LogP contribution in [0.1, 0.15) is 37.8 Å². The van der Waals surface area contributed by atoms with E-state index in [9.17, 15) is 0 Å². The molecule has 1 aromatic carbocycles. The van der Waals surface area contributed by atoms with Gasteiger partial charge >= 0.3 is 0 Å². The lowest BCUT2D eigenvalue weighted by molar-refractivity contribution is 0.0320. The van der Waals surface area contributed by atoms with Gasteiger partial charge in [-0.05, 0) is 31.9 Å². The van der Waals surface area contributed by atoms with Crippen LogP contribution >= 0.6 is 0 Å². The van der Waals surface area contributed by atoms with Gasteiger partial charge in [-0.3, -0.25) is 10.3 Å². The van der Waals surface area contributed by atoms with Crippen LogP contribution in [0.25, 0.3) is 0 Å². The Morgan fingerprint density at radius 3 is 2.62 bits per heavy atom. The molecule has 1 fully saturated rings. The normalized spacial score (nSPS) is 14.4. The quantitative estimate of drug-likeness (QED) is 0.337. The van der Waals surface area contributed by atoms with Crippen LogP contribution in [0.2, 0.25) is 0 Å². The average Bonchev–Trinajstić information content (AvgIpc) is 2.85. The van der Waals surface area contributed by atoms with Gasteiger partial charge < -0.3 is 19.7 Å². The number of benzene rings is 1. The lowest BCUT2D eigenvalue weighted by atomic mass is 10.1. The van der Waals surface area contributed by atoms with Gasteiger partial charge in [-0.2, -0.15) is 10.1 Å². The summed E-state index contributed by atoms with van der Waals surface area (Å²) in [7, 11) is 1.91. The number of anilines is 3. The second-order valence-corrected chi connectivity index (χ2v) is 8.55. The molecule has 1 aliphatic heterocycles. The van der Waals surface area contributed by atoms with Gasteiger partial charge in [-0.1, -0.05) is 25.5 Å². The molecule has 2 N–H and O–H groups in total. The van der Waals surface area contributed by atoms with Gasteiger partial charge in [-0.15, -0.1) is 0 Å². The van der Waals surface area contributed by atoms with Crippen molar-refractivity contribution in [1.82, 2.24) is 9.88 Å². The molecule has 1 saturated heterocycles. The minimum Gasteiger partial charge on any atom is -0.476 e. The second kappa shape index (κ2) is 13.8. The number of morpholine rings is 1. The summed E-state index contributed by atoms with van der Waals surface area (Å²) in [5.41, 5.74) is 7.46. The number of nitrogens with zero attached hydrogens (tertiary/aromatic N) is 4. The summed E-state index contributed by atoms with van der Waals surface area (Å²) in [5.74, 6) is 1.29. The zero-order valence-corrected chi connectivity index (χ0v) is 21.1. The molecule has 8 heteroatoms. The monoisotopic (exact) mass is 468 g/mol. The first-order chi connectivity index (χ1) is 16.6. The Kier molecular flexibility index (Phi) is 10.4. The molecule has 0 aliphatic carbocycles. The molecular formula is C26H40N6O2. The third-order valence-corrected chi connectivity index (χ3v) is 5.76. The van der Waals surface area contributed by atoms with E-state index in [1.54, 1.807) is 0 Å². The van der Waals surface area contributed by atoms with E-state index in [0.29, 0.717) is 18.3 Å². The van der Waals surface area contributed by atoms with Crippen LogP contribution in [0.3, 0.4) is 0 Å². The number of aromatic nitrogens is 1. The Balaban J connectivity index is 1.75. The highest BCUT2D eigenvalue weighted by Crippen LogP contribution is 2.25. The summed E-state index contributed by atoms with van der Waals surface area (Å²) < 4.78 is 11.5. The van der Waals surface area contributed by atoms with E-state index < -0.39 is 0 Å². The molecule has 1 aliphatic rings. The van der Waals surface area contributed by atoms with Crippen molar-refractivity contribution in [3.63, 3.8) is 0 Å². The van der Waals surface area contributed by atoms with Crippen LogP contribution in [0.15, 0.2) is 35.4 Å². The first kappa shape index (κ1) is 25.8.